The standard InChI is InChI=1S/C22H17IN2O2S.CHF3O3S/c1-14-6-11-19-20(12-14)28-22(24-19)25-21(26)15-4-3-5-17(13-15)23-16-7-9-18(27-2)10-8-16;2-1(3,4)8(5,6)7/h3-13H,1-2H3;(H,5,6,7). The van der Waals surface area contributed by atoms with Crippen molar-refractivity contribution in [1.29, 1.82) is 0 Å². The molecule has 0 aliphatic carbocycles. The van der Waals surface area contributed by atoms with E-state index in [2.05, 4.69) is 41.5 Å². The van der Waals surface area contributed by atoms with Gasteiger partial charge in [0, 0.05) is 11.6 Å². The number of amides is 1. The molecule has 4 aromatic rings. The van der Waals surface area contributed by atoms with Gasteiger partial charge in [0.05, 0.1) is 17.3 Å². The van der Waals surface area contributed by atoms with Crippen molar-refractivity contribution >= 4 is 42.7 Å². The number of fused-ring (bicyclic) bond motifs is 1. The summed E-state index contributed by atoms with van der Waals surface area (Å²) in [4.78, 5) is 17.2. The monoisotopic (exact) mass is 650 g/mol. The van der Waals surface area contributed by atoms with E-state index in [0.29, 0.717) is 10.7 Å². The second kappa shape index (κ2) is 11.5. The molecule has 0 unspecified atom stereocenters. The van der Waals surface area contributed by atoms with Crippen LogP contribution in [-0.4, -0.2) is 36.5 Å². The number of methoxy groups -OCH3 is 1. The molecular weight excluding hydrogens is 632 g/mol. The van der Waals surface area contributed by atoms with Crippen LogP contribution in [0.5, 0.6) is 5.75 Å². The number of thiazole rings is 1. The maximum Gasteiger partial charge on any atom is 0.485 e. The summed E-state index contributed by atoms with van der Waals surface area (Å²) in [5.74, 6) is 0.725. The number of aromatic nitrogens is 1. The maximum absolute atomic E-state index is 12.7. The second-order valence-electron chi connectivity index (χ2n) is 7.11. The van der Waals surface area contributed by atoms with Crippen LogP contribution >= 0.6 is 11.3 Å². The Balaban J connectivity index is 0.000000392. The van der Waals surface area contributed by atoms with E-state index < -0.39 is 15.6 Å². The first kappa shape index (κ1) is 27.8. The molecule has 0 fully saturated rings. The van der Waals surface area contributed by atoms with Crippen molar-refractivity contribution in [2.75, 3.05) is 12.4 Å². The van der Waals surface area contributed by atoms with Crippen molar-refractivity contribution in [3.8, 4) is 5.75 Å². The van der Waals surface area contributed by atoms with Crippen LogP contribution in [0.1, 0.15) is 15.9 Å². The van der Waals surface area contributed by atoms with Crippen LogP contribution < -0.4 is 31.3 Å². The Hall–Kier alpha value is -2.75. The van der Waals surface area contributed by atoms with Gasteiger partial charge in [-0.25, -0.2) is 13.4 Å². The van der Waals surface area contributed by atoms with Gasteiger partial charge >= 0.3 is 26.7 Å². The Kier molecular flexibility index (Phi) is 8.92. The summed E-state index contributed by atoms with van der Waals surface area (Å²) in [5, 5.41) is 3.56. The van der Waals surface area contributed by atoms with Crippen molar-refractivity contribution in [2.24, 2.45) is 0 Å². The molecule has 0 atom stereocenters. The summed E-state index contributed by atoms with van der Waals surface area (Å²) in [6.07, 6.45) is 0. The summed E-state index contributed by atoms with van der Waals surface area (Å²) in [7, 11) is -4.42. The first-order valence-electron chi connectivity index (χ1n) is 9.95. The lowest BCUT2D eigenvalue weighted by Gasteiger charge is -2.08. The summed E-state index contributed by atoms with van der Waals surface area (Å²) >= 11 is 1.14. The largest absolute Gasteiger partial charge is 0.741 e. The van der Waals surface area contributed by atoms with Crippen LogP contribution in [0, 0.1) is 14.1 Å². The smallest absolute Gasteiger partial charge is 0.485 e. The van der Waals surface area contributed by atoms with E-state index in [1.807, 2.05) is 42.5 Å². The van der Waals surface area contributed by atoms with Gasteiger partial charge in [-0.05, 0) is 61.0 Å². The normalized spacial score (nSPS) is 11.5. The molecule has 7 nitrogen and oxygen atoms in total. The summed E-state index contributed by atoms with van der Waals surface area (Å²) < 4.78 is 67.7. The third-order valence-corrected chi connectivity index (χ3v) is 8.54. The molecule has 4 rings (SSSR count). The van der Waals surface area contributed by atoms with Crippen LogP contribution in [0.4, 0.5) is 18.3 Å². The molecule has 190 valence electrons. The Morgan fingerprint density at radius 3 is 2.33 bits per heavy atom. The number of anilines is 1. The predicted octanol–water partition coefficient (Wildman–Crippen LogP) is 2.05. The van der Waals surface area contributed by atoms with Crippen LogP contribution in [0.2, 0.25) is 0 Å². The van der Waals surface area contributed by atoms with Crippen molar-refractivity contribution in [3.05, 3.63) is 85.0 Å². The quantitative estimate of drug-likeness (QED) is 0.201. The number of carbonyl (C=O) groups excluding carboxylic acids is 1. The van der Waals surface area contributed by atoms with Gasteiger partial charge in [-0.3, -0.25) is 10.1 Å². The number of hydrogen-bond donors (Lipinski definition) is 1. The van der Waals surface area contributed by atoms with E-state index in [1.165, 1.54) is 24.0 Å². The van der Waals surface area contributed by atoms with Gasteiger partial charge in [-0.15, -0.1) is 0 Å². The minimum absolute atomic E-state index is 0.128. The number of benzene rings is 3. The van der Waals surface area contributed by atoms with Crippen LogP contribution in [-0.2, 0) is 10.1 Å². The fraction of sp³-hybridized carbons (Fsp3) is 0.130. The SMILES string of the molecule is COc1ccc([I+]c2cccc(C(=O)Nc3nc4ccc(C)cc4s3)c2)cc1.O=S(=O)([O-])C(F)(F)F. The molecule has 0 aliphatic rings. The van der Waals surface area contributed by atoms with Gasteiger partial charge in [-0.2, -0.15) is 13.2 Å². The zero-order valence-corrected chi connectivity index (χ0v) is 22.5. The molecule has 1 heterocycles. The van der Waals surface area contributed by atoms with Crippen LogP contribution in [0.15, 0.2) is 66.7 Å². The van der Waals surface area contributed by atoms with Crippen molar-refractivity contribution in [2.45, 2.75) is 12.4 Å². The summed E-state index contributed by atoms with van der Waals surface area (Å²) in [6.45, 7) is 2.05. The van der Waals surface area contributed by atoms with E-state index >= 15 is 0 Å². The molecule has 36 heavy (non-hydrogen) atoms. The Labute approximate surface area is 219 Å². The van der Waals surface area contributed by atoms with Gasteiger partial charge in [0.25, 0.3) is 5.91 Å². The Morgan fingerprint density at radius 1 is 1.06 bits per heavy atom. The fourth-order valence-corrected chi connectivity index (χ4v) is 5.98. The van der Waals surface area contributed by atoms with Gasteiger partial charge in [0.1, 0.15) is 5.75 Å². The molecule has 0 aliphatic heterocycles. The number of halogens is 4. The van der Waals surface area contributed by atoms with Gasteiger partial charge in [-0.1, -0.05) is 23.5 Å². The Morgan fingerprint density at radius 2 is 1.72 bits per heavy atom. The molecule has 1 aromatic heterocycles. The number of carbonyl (C=O) groups is 1. The summed E-state index contributed by atoms with van der Waals surface area (Å²) in [5.41, 5.74) is -2.90. The zero-order chi connectivity index (χ0) is 26.5. The highest BCUT2D eigenvalue weighted by atomic mass is 127. The first-order chi connectivity index (χ1) is 16.9. The number of aryl methyl sites for hydroxylation is 1. The van der Waals surface area contributed by atoms with Crippen LogP contribution in [0.25, 0.3) is 10.2 Å². The highest BCUT2D eigenvalue weighted by Crippen LogP contribution is 2.27. The zero-order valence-electron chi connectivity index (χ0n) is 18.7. The lowest BCUT2D eigenvalue weighted by Crippen LogP contribution is -3.61. The van der Waals surface area contributed by atoms with E-state index in [4.69, 9.17) is 17.7 Å². The predicted molar refractivity (Wildman–Crippen MR) is 125 cm³/mol. The van der Waals surface area contributed by atoms with E-state index in [9.17, 15) is 18.0 Å². The minimum Gasteiger partial charge on any atom is -0.741 e. The van der Waals surface area contributed by atoms with Gasteiger partial charge in [0.15, 0.2) is 22.4 Å². The van der Waals surface area contributed by atoms with Crippen molar-refractivity contribution < 1.29 is 56.9 Å². The lowest BCUT2D eigenvalue weighted by atomic mass is 10.2. The molecular formula is C23H18F3IN2O5S2. The molecule has 1 amide bonds. The second-order valence-corrected chi connectivity index (χ2v) is 12.5. The Bertz CT molecular complexity index is 1470. The van der Waals surface area contributed by atoms with Crippen molar-refractivity contribution in [1.82, 2.24) is 4.98 Å². The van der Waals surface area contributed by atoms with E-state index in [1.54, 1.807) is 7.11 Å². The third-order valence-electron chi connectivity index (χ3n) is 4.40. The number of ether oxygens (including phenoxy) is 1. The highest BCUT2D eigenvalue weighted by Gasteiger charge is 2.36. The average molecular weight is 650 g/mol. The fourth-order valence-electron chi connectivity index (χ4n) is 2.70. The minimum atomic E-state index is -6.09. The van der Waals surface area contributed by atoms with Crippen molar-refractivity contribution in [3.63, 3.8) is 0 Å². The van der Waals surface area contributed by atoms with E-state index in [-0.39, 0.29) is 27.1 Å². The molecule has 0 saturated carbocycles. The molecule has 0 saturated heterocycles. The summed E-state index contributed by atoms with van der Waals surface area (Å²) in [6, 6.07) is 22.0. The van der Waals surface area contributed by atoms with E-state index in [0.717, 1.165) is 16.0 Å². The topological polar surface area (TPSA) is 108 Å². The molecule has 13 heteroatoms. The molecule has 0 spiro atoms. The molecule has 0 radical (unpaired) electrons. The number of rotatable bonds is 5. The molecule has 0 bridgehead atoms. The highest BCUT2D eigenvalue weighted by molar-refractivity contribution is 7.86. The maximum atomic E-state index is 12.7. The molecule has 3 aromatic carbocycles. The lowest BCUT2D eigenvalue weighted by molar-refractivity contribution is -0.597. The number of nitrogens with zero attached hydrogens (tertiary/aromatic N) is 1. The van der Waals surface area contributed by atoms with Gasteiger partial charge in [0.2, 0.25) is 0 Å². The number of nitrogens with one attached hydrogen (secondary N) is 1. The average Bonchev–Trinajstić information content (AvgIpc) is 3.20. The van der Waals surface area contributed by atoms with Gasteiger partial charge < -0.3 is 9.29 Å². The number of hydrogen-bond acceptors (Lipinski definition) is 7. The molecule has 1 N–H and O–H groups in total. The first-order valence-corrected chi connectivity index (χ1v) is 14.3. The third kappa shape index (κ3) is 7.62. The number of alkyl halides is 3. The van der Waals surface area contributed by atoms with Crippen LogP contribution in [0.3, 0.4) is 0 Å².